The van der Waals surface area contributed by atoms with Crippen molar-refractivity contribution < 1.29 is 34.1 Å². The molecular formula is C28H23NO7S2. The summed E-state index contributed by atoms with van der Waals surface area (Å²) in [7, 11) is 0. The van der Waals surface area contributed by atoms with Crippen LogP contribution >= 0.6 is 24.0 Å². The molecule has 0 aliphatic carbocycles. The van der Waals surface area contributed by atoms with Crippen LogP contribution in [0.2, 0.25) is 0 Å². The largest absolute Gasteiger partial charge is 0.489 e. The Morgan fingerprint density at radius 3 is 2.11 bits per heavy atom. The number of thiocarbonyl (C=S) groups is 1. The van der Waals surface area contributed by atoms with Crippen molar-refractivity contribution in [2.45, 2.75) is 25.7 Å². The average Bonchev–Trinajstić information content (AvgIpc) is 3.18. The van der Waals surface area contributed by atoms with Crippen LogP contribution in [0.1, 0.15) is 23.1 Å². The van der Waals surface area contributed by atoms with Crippen LogP contribution in [0, 0.1) is 0 Å². The summed E-state index contributed by atoms with van der Waals surface area (Å²) in [6.07, 6.45) is 0.786. The van der Waals surface area contributed by atoms with Crippen LogP contribution in [-0.4, -0.2) is 43.3 Å². The van der Waals surface area contributed by atoms with Crippen LogP contribution in [0.3, 0.4) is 0 Å². The minimum Gasteiger partial charge on any atom is -0.489 e. The Balaban J connectivity index is 1.61. The van der Waals surface area contributed by atoms with Crippen LogP contribution in [0.4, 0.5) is 0 Å². The fraction of sp³-hybridized carbons (Fsp3) is 0.143. The lowest BCUT2D eigenvalue weighted by molar-refractivity contribution is -0.150. The maximum Gasteiger partial charge on any atom is 0.327 e. The van der Waals surface area contributed by atoms with Crippen molar-refractivity contribution in [1.82, 2.24) is 4.90 Å². The lowest BCUT2D eigenvalue weighted by atomic mass is 10.1. The molecule has 4 rings (SSSR count). The molecule has 10 heteroatoms. The molecule has 1 heterocycles. The first-order valence-corrected chi connectivity index (χ1v) is 12.7. The van der Waals surface area contributed by atoms with Crippen LogP contribution in [-0.2, 0) is 27.6 Å². The van der Waals surface area contributed by atoms with Crippen molar-refractivity contribution in [3.63, 3.8) is 0 Å². The Labute approximate surface area is 228 Å². The first-order valence-electron chi connectivity index (χ1n) is 11.5. The third kappa shape index (κ3) is 6.78. The number of ether oxygens (including phenoxy) is 2. The zero-order valence-corrected chi connectivity index (χ0v) is 21.6. The predicted octanol–water partition coefficient (Wildman–Crippen LogP) is 4.97. The molecule has 1 aliphatic heterocycles. The van der Waals surface area contributed by atoms with Crippen LogP contribution < -0.4 is 9.47 Å². The number of thioether (sulfide) groups is 1. The molecule has 0 bridgehead atoms. The lowest BCUT2D eigenvalue weighted by Crippen LogP contribution is -2.45. The molecule has 0 radical (unpaired) electrons. The second-order valence-electron chi connectivity index (χ2n) is 8.25. The van der Waals surface area contributed by atoms with E-state index in [-0.39, 0.29) is 15.8 Å². The molecule has 8 nitrogen and oxygen atoms in total. The Morgan fingerprint density at radius 2 is 1.53 bits per heavy atom. The van der Waals surface area contributed by atoms with Crippen molar-refractivity contribution in [2.24, 2.45) is 0 Å². The van der Waals surface area contributed by atoms with Gasteiger partial charge >= 0.3 is 11.9 Å². The quantitative estimate of drug-likeness (QED) is 0.253. The molecule has 2 N–H and O–H groups in total. The summed E-state index contributed by atoms with van der Waals surface area (Å²) in [5.41, 5.74) is 2.50. The lowest BCUT2D eigenvalue weighted by Gasteiger charge is -2.21. The number of carbonyl (C=O) groups is 3. The molecule has 1 saturated heterocycles. The van der Waals surface area contributed by atoms with Crippen molar-refractivity contribution in [2.75, 3.05) is 0 Å². The fourth-order valence-electron chi connectivity index (χ4n) is 3.67. The number of carboxylic acid groups (broad SMARTS) is 2. The molecule has 0 saturated carbocycles. The van der Waals surface area contributed by atoms with Gasteiger partial charge in [-0.05, 0) is 29.3 Å². The van der Waals surface area contributed by atoms with Gasteiger partial charge in [-0.2, -0.15) is 0 Å². The van der Waals surface area contributed by atoms with E-state index in [2.05, 4.69) is 0 Å². The van der Waals surface area contributed by atoms with Gasteiger partial charge < -0.3 is 19.7 Å². The highest BCUT2D eigenvalue weighted by molar-refractivity contribution is 8.26. The van der Waals surface area contributed by atoms with Gasteiger partial charge in [0.25, 0.3) is 5.91 Å². The van der Waals surface area contributed by atoms with Gasteiger partial charge in [0.2, 0.25) is 0 Å². The summed E-state index contributed by atoms with van der Waals surface area (Å²) < 4.78 is 12.0. The van der Waals surface area contributed by atoms with E-state index < -0.39 is 30.3 Å². The first-order chi connectivity index (χ1) is 18.3. The molecule has 3 aromatic carbocycles. The van der Waals surface area contributed by atoms with Gasteiger partial charge in [-0.15, -0.1) is 0 Å². The fourth-order valence-corrected chi connectivity index (χ4v) is 5.02. The number of amides is 1. The predicted molar refractivity (Wildman–Crippen MR) is 147 cm³/mol. The molecule has 1 atom stereocenters. The van der Waals surface area contributed by atoms with Crippen molar-refractivity contribution in [3.05, 3.63) is 100 Å². The minimum absolute atomic E-state index is 0.0236. The summed E-state index contributed by atoms with van der Waals surface area (Å²) in [6.45, 7) is 0.627. The van der Waals surface area contributed by atoms with Crippen LogP contribution in [0.5, 0.6) is 11.5 Å². The number of benzene rings is 3. The second-order valence-corrected chi connectivity index (χ2v) is 9.93. The third-order valence-corrected chi connectivity index (χ3v) is 6.88. The number of rotatable bonds is 11. The molecule has 0 aromatic heterocycles. The first kappa shape index (κ1) is 26.9. The van der Waals surface area contributed by atoms with Crippen molar-refractivity contribution >= 4 is 52.2 Å². The van der Waals surface area contributed by atoms with E-state index in [4.69, 9.17) is 26.8 Å². The van der Waals surface area contributed by atoms with E-state index in [9.17, 15) is 19.5 Å². The topological polar surface area (TPSA) is 113 Å². The van der Waals surface area contributed by atoms with E-state index in [0.29, 0.717) is 23.7 Å². The van der Waals surface area contributed by atoms with Gasteiger partial charge in [0.1, 0.15) is 35.1 Å². The molecule has 1 amide bonds. The summed E-state index contributed by atoms with van der Waals surface area (Å²) in [4.78, 5) is 36.9. The summed E-state index contributed by atoms with van der Waals surface area (Å²) >= 11 is 6.14. The smallest absolute Gasteiger partial charge is 0.327 e. The van der Waals surface area contributed by atoms with Gasteiger partial charge in [0, 0.05) is 11.6 Å². The number of nitrogens with zero attached hydrogens (tertiary/aromatic N) is 1. The normalized spacial score (nSPS) is 14.9. The Kier molecular flexibility index (Phi) is 8.77. The molecular weight excluding hydrogens is 526 g/mol. The maximum atomic E-state index is 13.1. The number of hydrogen-bond acceptors (Lipinski definition) is 7. The average molecular weight is 550 g/mol. The van der Waals surface area contributed by atoms with Gasteiger partial charge in [-0.1, -0.05) is 84.6 Å². The van der Waals surface area contributed by atoms with Crippen LogP contribution in [0.25, 0.3) is 6.08 Å². The molecule has 38 heavy (non-hydrogen) atoms. The van der Waals surface area contributed by atoms with Gasteiger partial charge in [-0.3, -0.25) is 14.5 Å². The number of carbonyl (C=O) groups excluding carboxylic acids is 1. The van der Waals surface area contributed by atoms with Gasteiger partial charge in [-0.25, -0.2) is 4.79 Å². The summed E-state index contributed by atoms with van der Waals surface area (Å²) in [5, 5.41) is 18.6. The zero-order valence-electron chi connectivity index (χ0n) is 20.0. The van der Waals surface area contributed by atoms with E-state index in [1.54, 1.807) is 24.3 Å². The highest BCUT2D eigenvalue weighted by Gasteiger charge is 2.41. The maximum absolute atomic E-state index is 13.1. The number of carboxylic acids is 2. The Bertz CT molecular complexity index is 1380. The zero-order chi connectivity index (χ0) is 27.1. The van der Waals surface area contributed by atoms with E-state index >= 15 is 0 Å². The van der Waals surface area contributed by atoms with Crippen molar-refractivity contribution in [3.8, 4) is 11.5 Å². The molecule has 1 fully saturated rings. The Morgan fingerprint density at radius 1 is 0.921 bits per heavy atom. The highest BCUT2D eigenvalue weighted by Crippen LogP contribution is 2.37. The van der Waals surface area contributed by atoms with E-state index in [1.165, 1.54) is 0 Å². The summed E-state index contributed by atoms with van der Waals surface area (Å²) in [5.74, 6) is -2.46. The second kappa shape index (κ2) is 12.4. The minimum atomic E-state index is -1.60. The van der Waals surface area contributed by atoms with Crippen LogP contribution in [0.15, 0.2) is 83.8 Å². The van der Waals surface area contributed by atoms with Gasteiger partial charge in [0.05, 0.1) is 11.3 Å². The molecule has 1 unspecified atom stereocenters. The standard InChI is InChI=1S/C28H23NO7S2/c30-25(31)15-22(27(33)34)29-26(32)24(38-28(29)37)13-20-11-12-21(35-16-18-7-3-1-4-8-18)14-23(20)36-17-19-9-5-2-6-10-19/h1-14,22H,15-17H2,(H,30,31)(H,33,34). The van der Waals surface area contributed by atoms with Gasteiger partial charge in [0.15, 0.2) is 0 Å². The Hall–Kier alpha value is -4.15. The molecule has 0 spiro atoms. The number of aliphatic carboxylic acids is 2. The SMILES string of the molecule is O=C(O)CC(C(=O)O)N1C(=O)C(=Cc2ccc(OCc3ccccc3)cc2OCc2ccccc2)SC1=S. The van der Waals surface area contributed by atoms with Crippen molar-refractivity contribution in [1.29, 1.82) is 0 Å². The molecule has 1 aliphatic rings. The number of hydrogen-bond donors (Lipinski definition) is 2. The molecule has 194 valence electrons. The monoisotopic (exact) mass is 549 g/mol. The summed E-state index contributed by atoms with van der Waals surface area (Å²) in [6, 6.07) is 22.9. The highest BCUT2D eigenvalue weighted by atomic mass is 32.2. The molecule has 3 aromatic rings. The third-order valence-electron chi connectivity index (χ3n) is 5.55. The van der Waals surface area contributed by atoms with E-state index in [0.717, 1.165) is 27.8 Å². The van der Waals surface area contributed by atoms with E-state index in [1.807, 2.05) is 60.7 Å².